The highest BCUT2D eigenvalue weighted by Crippen LogP contribution is 2.31. The molecule has 0 fully saturated rings. The van der Waals surface area contributed by atoms with Crippen molar-refractivity contribution >= 4 is 34.3 Å². The highest BCUT2D eigenvalue weighted by atomic mass is 32.1. The molecule has 0 aliphatic carbocycles. The van der Waals surface area contributed by atoms with Gasteiger partial charge in [0.1, 0.15) is 6.04 Å². The van der Waals surface area contributed by atoms with E-state index in [4.69, 9.17) is 0 Å². The fourth-order valence-corrected chi connectivity index (χ4v) is 5.56. The maximum absolute atomic E-state index is 12.8. The molecule has 2 aromatic heterocycles. The molecule has 1 amide bonds. The SMILES string of the molecule is Cc1cccc(NC(=O)C[NH+]2CCc3sccc3[C@@H]2c2cccs2)c1C. The van der Waals surface area contributed by atoms with Crippen LogP contribution >= 0.6 is 22.7 Å². The summed E-state index contributed by atoms with van der Waals surface area (Å²) in [6.45, 7) is 5.62. The number of carbonyl (C=O) groups is 1. The van der Waals surface area contributed by atoms with Gasteiger partial charge >= 0.3 is 0 Å². The molecule has 0 saturated heterocycles. The zero-order chi connectivity index (χ0) is 18.1. The van der Waals surface area contributed by atoms with Gasteiger partial charge in [0.05, 0.1) is 11.4 Å². The van der Waals surface area contributed by atoms with Crippen LogP contribution in [0.15, 0.2) is 47.2 Å². The standard InChI is InChI=1S/C21H22N2OS2/c1-14-5-3-6-17(15(14)2)22-20(24)13-23-10-8-18-16(9-12-26-18)21(23)19-7-4-11-25-19/h3-7,9,11-12,21H,8,10,13H2,1-2H3,(H,22,24)/p+1/t21-/m1/s1. The Labute approximate surface area is 162 Å². The third-order valence-electron chi connectivity index (χ3n) is 5.27. The molecule has 1 aromatic carbocycles. The van der Waals surface area contributed by atoms with Crippen molar-refractivity contribution < 1.29 is 9.69 Å². The summed E-state index contributed by atoms with van der Waals surface area (Å²) in [6, 6.07) is 12.9. The average molecular weight is 384 g/mol. The lowest BCUT2D eigenvalue weighted by molar-refractivity contribution is -0.919. The number of fused-ring (bicyclic) bond motifs is 1. The van der Waals surface area contributed by atoms with E-state index >= 15 is 0 Å². The lowest BCUT2D eigenvalue weighted by Crippen LogP contribution is -3.14. The predicted molar refractivity (Wildman–Crippen MR) is 109 cm³/mol. The number of anilines is 1. The molecule has 5 heteroatoms. The van der Waals surface area contributed by atoms with E-state index in [9.17, 15) is 4.79 Å². The van der Waals surface area contributed by atoms with Crippen molar-refractivity contribution in [3.05, 3.63) is 73.6 Å². The molecule has 4 rings (SSSR count). The van der Waals surface area contributed by atoms with Gasteiger partial charge in [-0.05, 0) is 53.9 Å². The van der Waals surface area contributed by atoms with E-state index in [1.54, 1.807) is 11.3 Å². The number of nitrogens with one attached hydrogen (secondary N) is 2. The van der Waals surface area contributed by atoms with Crippen LogP contribution in [0.1, 0.15) is 32.5 Å². The van der Waals surface area contributed by atoms with E-state index in [1.807, 2.05) is 23.5 Å². The lowest BCUT2D eigenvalue weighted by Gasteiger charge is -2.31. The molecule has 2 atom stereocenters. The van der Waals surface area contributed by atoms with Gasteiger partial charge in [0.15, 0.2) is 6.54 Å². The van der Waals surface area contributed by atoms with Gasteiger partial charge < -0.3 is 10.2 Å². The third kappa shape index (κ3) is 3.34. The number of hydrogen-bond acceptors (Lipinski definition) is 3. The smallest absolute Gasteiger partial charge is 0.279 e. The van der Waals surface area contributed by atoms with Crippen LogP contribution in [-0.2, 0) is 11.2 Å². The fraction of sp³-hybridized carbons (Fsp3) is 0.286. The minimum absolute atomic E-state index is 0.0916. The van der Waals surface area contributed by atoms with E-state index in [0.717, 1.165) is 24.2 Å². The molecule has 0 spiro atoms. The van der Waals surface area contributed by atoms with Crippen molar-refractivity contribution in [1.82, 2.24) is 0 Å². The molecule has 1 aliphatic rings. The highest BCUT2D eigenvalue weighted by Gasteiger charge is 2.35. The van der Waals surface area contributed by atoms with Crippen LogP contribution in [0, 0.1) is 13.8 Å². The van der Waals surface area contributed by atoms with E-state index in [0.29, 0.717) is 6.54 Å². The quantitative estimate of drug-likeness (QED) is 0.709. The fourth-order valence-electron chi connectivity index (χ4n) is 3.74. The van der Waals surface area contributed by atoms with Crippen molar-refractivity contribution in [3.63, 3.8) is 0 Å². The number of thiophene rings is 2. The second-order valence-corrected chi connectivity index (χ2v) is 8.86. The lowest BCUT2D eigenvalue weighted by atomic mass is 9.98. The van der Waals surface area contributed by atoms with Gasteiger partial charge in [0.25, 0.3) is 5.91 Å². The van der Waals surface area contributed by atoms with Crippen molar-refractivity contribution in [3.8, 4) is 0 Å². The van der Waals surface area contributed by atoms with Crippen LogP contribution in [0.5, 0.6) is 0 Å². The molecule has 1 unspecified atom stereocenters. The van der Waals surface area contributed by atoms with Crippen LogP contribution in [0.4, 0.5) is 5.69 Å². The molecular weight excluding hydrogens is 360 g/mol. The largest absolute Gasteiger partial charge is 0.321 e. The summed E-state index contributed by atoms with van der Waals surface area (Å²) in [7, 11) is 0. The number of hydrogen-bond donors (Lipinski definition) is 2. The maximum atomic E-state index is 12.8. The number of rotatable bonds is 4. The molecule has 0 bridgehead atoms. The molecule has 3 nitrogen and oxygen atoms in total. The second kappa shape index (κ2) is 7.35. The minimum Gasteiger partial charge on any atom is -0.321 e. The van der Waals surface area contributed by atoms with Gasteiger partial charge in [0.2, 0.25) is 0 Å². The summed E-state index contributed by atoms with van der Waals surface area (Å²) in [5.41, 5.74) is 4.67. The molecule has 2 N–H and O–H groups in total. The van der Waals surface area contributed by atoms with E-state index in [2.05, 4.69) is 54.2 Å². The van der Waals surface area contributed by atoms with Crippen LogP contribution < -0.4 is 10.2 Å². The zero-order valence-corrected chi connectivity index (χ0v) is 16.7. The Hall–Kier alpha value is -1.95. The Balaban J connectivity index is 1.55. The number of aryl methyl sites for hydroxylation is 1. The molecule has 0 saturated carbocycles. The Morgan fingerprint density at radius 1 is 1.15 bits per heavy atom. The monoisotopic (exact) mass is 383 g/mol. The van der Waals surface area contributed by atoms with Crippen molar-refractivity contribution in [1.29, 1.82) is 0 Å². The molecule has 0 radical (unpaired) electrons. The number of benzene rings is 1. The van der Waals surface area contributed by atoms with Gasteiger partial charge in [-0.3, -0.25) is 4.79 Å². The Morgan fingerprint density at radius 2 is 2.04 bits per heavy atom. The van der Waals surface area contributed by atoms with Crippen LogP contribution in [0.2, 0.25) is 0 Å². The van der Waals surface area contributed by atoms with E-state index in [-0.39, 0.29) is 11.9 Å². The normalized spacial score (nSPS) is 19.2. The maximum Gasteiger partial charge on any atom is 0.279 e. The van der Waals surface area contributed by atoms with Gasteiger partial charge in [-0.1, -0.05) is 18.2 Å². The molecule has 134 valence electrons. The first-order valence-electron chi connectivity index (χ1n) is 8.94. The first-order valence-corrected chi connectivity index (χ1v) is 10.7. The van der Waals surface area contributed by atoms with E-state index in [1.165, 1.54) is 25.8 Å². The zero-order valence-electron chi connectivity index (χ0n) is 15.0. The number of amides is 1. The summed E-state index contributed by atoms with van der Waals surface area (Å²) in [6.07, 6.45) is 1.06. The van der Waals surface area contributed by atoms with Gasteiger partial charge in [0, 0.05) is 22.5 Å². The topological polar surface area (TPSA) is 33.5 Å². The second-order valence-electron chi connectivity index (χ2n) is 6.88. The molecular formula is C21H23N2OS2+. The summed E-state index contributed by atoms with van der Waals surface area (Å²) in [4.78, 5) is 16.9. The van der Waals surface area contributed by atoms with Crippen LogP contribution in [0.25, 0.3) is 0 Å². The first-order chi connectivity index (χ1) is 12.6. The van der Waals surface area contributed by atoms with Gasteiger partial charge in [-0.15, -0.1) is 22.7 Å². The van der Waals surface area contributed by atoms with Crippen LogP contribution in [-0.4, -0.2) is 19.0 Å². The van der Waals surface area contributed by atoms with E-state index < -0.39 is 0 Å². The van der Waals surface area contributed by atoms with Crippen LogP contribution in [0.3, 0.4) is 0 Å². The minimum atomic E-state index is 0.0916. The summed E-state index contributed by atoms with van der Waals surface area (Å²) >= 11 is 3.63. The highest BCUT2D eigenvalue weighted by molar-refractivity contribution is 7.10. The first kappa shape index (κ1) is 17.5. The Bertz CT molecular complexity index is 914. The summed E-state index contributed by atoms with van der Waals surface area (Å²) in [5.74, 6) is 0.0916. The summed E-state index contributed by atoms with van der Waals surface area (Å²) < 4.78 is 0. The molecule has 26 heavy (non-hydrogen) atoms. The molecule has 3 heterocycles. The van der Waals surface area contributed by atoms with Crippen molar-refractivity contribution in [2.45, 2.75) is 26.3 Å². The van der Waals surface area contributed by atoms with Crippen molar-refractivity contribution in [2.75, 3.05) is 18.4 Å². The number of quaternary nitrogens is 1. The predicted octanol–water partition coefficient (Wildman–Crippen LogP) is 3.60. The number of carbonyl (C=O) groups excluding carboxylic acids is 1. The third-order valence-corrected chi connectivity index (χ3v) is 7.20. The molecule has 1 aliphatic heterocycles. The average Bonchev–Trinajstić information content (AvgIpc) is 3.30. The Kier molecular flexibility index (Phi) is 4.94. The van der Waals surface area contributed by atoms with Crippen molar-refractivity contribution in [2.24, 2.45) is 0 Å². The van der Waals surface area contributed by atoms with Gasteiger partial charge in [-0.25, -0.2) is 0 Å². The molecule has 3 aromatic rings. The Morgan fingerprint density at radius 3 is 2.85 bits per heavy atom. The summed E-state index contributed by atoms with van der Waals surface area (Å²) in [5, 5.41) is 7.44. The van der Waals surface area contributed by atoms with Gasteiger partial charge in [-0.2, -0.15) is 0 Å².